The summed E-state index contributed by atoms with van der Waals surface area (Å²) >= 11 is -2.44. The van der Waals surface area contributed by atoms with Crippen LogP contribution in [0.5, 0.6) is 0 Å². The SMILES string of the molecule is Cc1ccccc2[c]([Zr+2]3([c]4ccc5c(C)ccccc4-5)[CH2][CH2]3)ccc1-2.[Cl-].[Cl-]. The van der Waals surface area contributed by atoms with E-state index in [0.29, 0.717) is 0 Å². The van der Waals surface area contributed by atoms with Gasteiger partial charge in [-0.2, -0.15) is 0 Å². The van der Waals surface area contributed by atoms with Gasteiger partial charge in [0.25, 0.3) is 0 Å². The number of hydrogen-bond donors (Lipinski definition) is 0. The summed E-state index contributed by atoms with van der Waals surface area (Å²) in [6, 6.07) is 27.6. The molecule has 5 rings (SSSR count). The summed E-state index contributed by atoms with van der Waals surface area (Å²) in [6.45, 7) is 4.48. The summed E-state index contributed by atoms with van der Waals surface area (Å²) in [5, 5.41) is 0. The Morgan fingerprint density at radius 1 is 0.519 bits per heavy atom. The molecule has 1 saturated heterocycles. The summed E-state index contributed by atoms with van der Waals surface area (Å²) in [5.74, 6) is 0. The van der Waals surface area contributed by atoms with Crippen molar-refractivity contribution in [2.75, 3.05) is 0 Å². The first-order valence-corrected chi connectivity index (χ1v) is 15.1. The molecule has 0 unspecified atom stereocenters. The molecular formula is C24H22Cl2Zr. The van der Waals surface area contributed by atoms with Crippen LogP contribution >= 0.6 is 0 Å². The van der Waals surface area contributed by atoms with Crippen LogP contribution in [0.25, 0.3) is 22.3 Å². The maximum Gasteiger partial charge on any atom is -1.00 e. The maximum absolute atomic E-state index is 2.47. The molecule has 0 radical (unpaired) electrons. The average Bonchev–Trinajstić information content (AvgIpc) is 3.23. The Bertz CT molecular complexity index is 956. The Hall–Kier alpha value is -1.14. The maximum atomic E-state index is 2.47. The van der Waals surface area contributed by atoms with E-state index in [0.717, 1.165) is 0 Å². The largest absolute Gasteiger partial charge is 1.00 e. The number of hydrogen-bond acceptors (Lipinski definition) is 0. The summed E-state index contributed by atoms with van der Waals surface area (Å²) in [6.07, 6.45) is 0. The topological polar surface area (TPSA) is 0 Å². The number of fused-ring (bicyclic) bond motifs is 2. The van der Waals surface area contributed by atoms with Crippen molar-refractivity contribution in [1.29, 1.82) is 0 Å². The normalized spacial score (nSPS) is 13.3. The predicted octanol–water partition coefficient (Wildman–Crippen LogP) is -0.524. The van der Waals surface area contributed by atoms with E-state index < -0.39 is 20.3 Å². The van der Waals surface area contributed by atoms with Crippen molar-refractivity contribution < 1.29 is 45.1 Å². The van der Waals surface area contributed by atoms with Gasteiger partial charge in [0.15, 0.2) is 0 Å². The Kier molecular flexibility index (Phi) is 5.88. The molecular weight excluding hydrogens is 450 g/mol. The van der Waals surface area contributed by atoms with Gasteiger partial charge in [-0.15, -0.1) is 0 Å². The minimum Gasteiger partial charge on any atom is -1.00 e. The molecule has 136 valence electrons. The minimum atomic E-state index is -2.44. The van der Waals surface area contributed by atoms with E-state index in [9.17, 15) is 0 Å². The molecule has 5 aliphatic rings. The molecule has 4 aliphatic carbocycles. The van der Waals surface area contributed by atoms with E-state index in [4.69, 9.17) is 0 Å². The van der Waals surface area contributed by atoms with E-state index in [2.05, 4.69) is 86.6 Å². The van der Waals surface area contributed by atoms with Gasteiger partial charge in [0.2, 0.25) is 0 Å². The smallest absolute Gasteiger partial charge is 1.00 e. The molecule has 0 N–H and O–H groups in total. The van der Waals surface area contributed by atoms with E-state index in [1.54, 1.807) is 6.54 Å². The fourth-order valence-electron chi connectivity index (χ4n) is 4.56. The van der Waals surface area contributed by atoms with Gasteiger partial charge in [-0.1, -0.05) is 0 Å². The molecule has 0 nitrogen and oxygen atoms in total. The van der Waals surface area contributed by atoms with Gasteiger partial charge in [0, 0.05) is 0 Å². The van der Waals surface area contributed by atoms with Crippen molar-refractivity contribution in [2.45, 2.75) is 22.1 Å². The number of aryl methyl sites for hydroxylation is 2. The third kappa shape index (κ3) is 3.19. The van der Waals surface area contributed by atoms with Crippen LogP contribution in [0.2, 0.25) is 8.26 Å². The van der Waals surface area contributed by atoms with Gasteiger partial charge >= 0.3 is 155 Å². The summed E-state index contributed by atoms with van der Waals surface area (Å²) < 4.78 is 6.37. The molecule has 0 saturated carbocycles. The van der Waals surface area contributed by atoms with Crippen LogP contribution in [-0.2, 0) is 20.3 Å². The van der Waals surface area contributed by atoms with Crippen molar-refractivity contribution >= 4 is 6.54 Å². The van der Waals surface area contributed by atoms with E-state index >= 15 is 0 Å². The van der Waals surface area contributed by atoms with Crippen molar-refractivity contribution in [3.05, 3.63) is 83.9 Å². The third-order valence-electron chi connectivity index (χ3n) is 6.07. The zero-order valence-corrected chi connectivity index (χ0v) is 19.6. The van der Waals surface area contributed by atoms with Gasteiger partial charge in [-0.3, -0.25) is 0 Å². The standard InChI is InChI=1S/2C11H9.C2H4.2ClH.Zr/c2*1-9-5-2-3-6-10-7-4-8-11(9)10;1-2;;;/h2*2-6,8H,1H3;1-2H2;2*1H;/q;;;;;+2/p-2. The summed E-state index contributed by atoms with van der Waals surface area (Å²) in [4.78, 5) is 0. The molecule has 27 heavy (non-hydrogen) atoms. The quantitative estimate of drug-likeness (QED) is 0.368. The van der Waals surface area contributed by atoms with Gasteiger partial charge in [0.05, 0.1) is 0 Å². The van der Waals surface area contributed by atoms with Gasteiger partial charge in [-0.25, -0.2) is 0 Å². The van der Waals surface area contributed by atoms with Gasteiger partial charge in [0.1, 0.15) is 0 Å². The molecule has 0 atom stereocenters. The van der Waals surface area contributed by atoms with Crippen molar-refractivity contribution in [2.24, 2.45) is 0 Å². The van der Waals surface area contributed by atoms with Crippen molar-refractivity contribution in [3.63, 3.8) is 0 Å². The predicted molar refractivity (Wildman–Crippen MR) is 104 cm³/mol. The van der Waals surface area contributed by atoms with Crippen LogP contribution in [0, 0.1) is 13.8 Å². The van der Waals surface area contributed by atoms with Gasteiger partial charge in [-0.05, 0) is 0 Å². The molecule has 0 aromatic heterocycles. The molecule has 3 heteroatoms. The number of halogens is 2. The fraction of sp³-hybridized carbons (Fsp3) is 0.167. The molecule has 1 heterocycles. The second-order valence-corrected chi connectivity index (χ2v) is 18.0. The monoisotopic (exact) mass is 470 g/mol. The molecule has 0 bridgehead atoms. The van der Waals surface area contributed by atoms with Crippen LogP contribution in [0.4, 0.5) is 0 Å². The summed E-state index contributed by atoms with van der Waals surface area (Å²) in [5.41, 5.74) is 8.70. The Morgan fingerprint density at radius 3 is 1.33 bits per heavy atom. The Labute approximate surface area is 178 Å². The zero-order valence-electron chi connectivity index (χ0n) is 15.6. The second-order valence-electron chi connectivity index (χ2n) is 7.53. The molecule has 0 aromatic carbocycles. The molecule has 0 aromatic rings. The molecule has 0 spiro atoms. The Morgan fingerprint density at radius 2 is 0.926 bits per heavy atom. The first-order valence-electron chi connectivity index (χ1n) is 9.18. The van der Waals surface area contributed by atoms with Crippen LogP contribution < -0.4 is 31.4 Å². The van der Waals surface area contributed by atoms with Crippen molar-refractivity contribution in [3.8, 4) is 22.3 Å². The third-order valence-corrected chi connectivity index (χ3v) is 17.0. The Balaban J connectivity index is 0.00000105. The van der Waals surface area contributed by atoms with Crippen LogP contribution in [0.3, 0.4) is 0 Å². The van der Waals surface area contributed by atoms with Crippen molar-refractivity contribution in [1.82, 2.24) is 0 Å². The first kappa shape index (κ1) is 20.6. The molecule has 0 amide bonds. The van der Waals surface area contributed by atoms with E-state index in [1.165, 1.54) is 41.6 Å². The number of rotatable bonds is 2. The second kappa shape index (κ2) is 7.71. The van der Waals surface area contributed by atoms with Gasteiger partial charge < -0.3 is 24.8 Å². The minimum absolute atomic E-state index is 0. The van der Waals surface area contributed by atoms with Crippen LogP contribution in [0.15, 0.2) is 72.8 Å². The molecule has 1 aliphatic heterocycles. The van der Waals surface area contributed by atoms with Crippen LogP contribution in [-0.4, -0.2) is 0 Å². The average molecular weight is 473 g/mol. The first-order chi connectivity index (χ1) is 12.2. The summed E-state index contributed by atoms with van der Waals surface area (Å²) in [7, 11) is 0. The van der Waals surface area contributed by atoms with Crippen LogP contribution in [0.1, 0.15) is 11.1 Å². The zero-order chi connectivity index (χ0) is 17.0. The fourth-order valence-corrected chi connectivity index (χ4v) is 17.8. The molecule has 1 fully saturated rings. The van der Waals surface area contributed by atoms with E-state index in [1.807, 2.05) is 0 Å². The van der Waals surface area contributed by atoms with E-state index in [-0.39, 0.29) is 24.8 Å².